The number of hydrogen-bond acceptors (Lipinski definition) is 3. The molecule has 0 aliphatic rings. The molecule has 0 saturated heterocycles. The van der Waals surface area contributed by atoms with Crippen LogP contribution in [-0.2, 0) is 0 Å². The Morgan fingerprint density at radius 1 is 1.04 bits per heavy atom. The van der Waals surface area contributed by atoms with Gasteiger partial charge < -0.3 is 5.73 Å². The van der Waals surface area contributed by atoms with Crippen LogP contribution in [0.5, 0.6) is 0 Å². The Morgan fingerprint density at radius 3 is 2.38 bits per heavy atom. The van der Waals surface area contributed by atoms with E-state index >= 15 is 0 Å². The molecule has 1 aromatic heterocycles. The number of nitrogens with zero attached hydrogens (tertiary/aromatic N) is 2. The standard InChI is InChI=1S/C20H16BrN3/c1-12-4-3-5-15(10-12)18-13(2)19(24-20(23)17(18)11-22)14-6-8-16(21)9-7-14/h3-10H,1-2H3,(H2,23,24). The molecule has 0 bridgehead atoms. The van der Waals surface area contributed by atoms with Crippen LogP contribution in [0.25, 0.3) is 22.4 Å². The Bertz CT molecular complexity index is 954. The summed E-state index contributed by atoms with van der Waals surface area (Å²) in [4.78, 5) is 4.49. The predicted molar refractivity (Wildman–Crippen MR) is 101 cm³/mol. The highest BCUT2D eigenvalue weighted by atomic mass is 79.9. The summed E-state index contributed by atoms with van der Waals surface area (Å²) in [6.07, 6.45) is 0. The van der Waals surface area contributed by atoms with Crippen LogP contribution in [-0.4, -0.2) is 4.98 Å². The average molecular weight is 378 g/mol. The van der Waals surface area contributed by atoms with Crippen molar-refractivity contribution in [3.05, 3.63) is 69.7 Å². The first-order valence-electron chi connectivity index (χ1n) is 7.54. The van der Waals surface area contributed by atoms with Gasteiger partial charge in [-0.05, 0) is 37.1 Å². The molecule has 0 atom stereocenters. The van der Waals surface area contributed by atoms with Gasteiger partial charge in [-0.25, -0.2) is 4.98 Å². The van der Waals surface area contributed by atoms with Gasteiger partial charge >= 0.3 is 0 Å². The molecule has 0 unspecified atom stereocenters. The zero-order valence-electron chi connectivity index (χ0n) is 13.5. The van der Waals surface area contributed by atoms with E-state index in [9.17, 15) is 5.26 Å². The number of nitrogens with two attached hydrogens (primary N) is 1. The second-order valence-electron chi connectivity index (χ2n) is 5.71. The van der Waals surface area contributed by atoms with Crippen molar-refractivity contribution in [3.8, 4) is 28.5 Å². The molecule has 0 amide bonds. The number of halogens is 1. The number of benzene rings is 2. The third kappa shape index (κ3) is 2.91. The first-order chi connectivity index (χ1) is 11.5. The lowest BCUT2D eigenvalue weighted by Gasteiger charge is -2.15. The second kappa shape index (κ2) is 6.46. The molecular weight excluding hydrogens is 362 g/mol. The van der Waals surface area contributed by atoms with Gasteiger partial charge in [0.05, 0.1) is 5.69 Å². The summed E-state index contributed by atoms with van der Waals surface area (Å²) < 4.78 is 1.00. The van der Waals surface area contributed by atoms with E-state index in [1.54, 1.807) is 0 Å². The Kier molecular flexibility index (Phi) is 4.37. The van der Waals surface area contributed by atoms with Gasteiger partial charge in [0.2, 0.25) is 0 Å². The van der Waals surface area contributed by atoms with Crippen LogP contribution in [0.15, 0.2) is 53.0 Å². The molecule has 24 heavy (non-hydrogen) atoms. The molecule has 0 aliphatic carbocycles. The lowest BCUT2D eigenvalue weighted by atomic mass is 9.92. The van der Waals surface area contributed by atoms with Gasteiger partial charge in [0, 0.05) is 15.6 Å². The van der Waals surface area contributed by atoms with Crippen molar-refractivity contribution >= 4 is 21.7 Å². The van der Waals surface area contributed by atoms with Crippen LogP contribution in [0, 0.1) is 25.2 Å². The fourth-order valence-corrected chi connectivity index (χ4v) is 3.12. The molecule has 4 heteroatoms. The number of aryl methyl sites for hydroxylation is 1. The summed E-state index contributed by atoms with van der Waals surface area (Å²) in [7, 11) is 0. The normalized spacial score (nSPS) is 10.4. The lowest BCUT2D eigenvalue weighted by Crippen LogP contribution is -2.03. The van der Waals surface area contributed by atoms with Gasteiger partial charge in [0.15, 0.2) is 0 Å². The summed E-state index contributed by atoms with van der Waals surface area (Å²) in [5.41, 5.74) is 12.2. The summed E-state index contributed by atoms with van der Waals surface area (Å²) >= 11 is 3.44. The molecule has 0 aliphatic heterocycles. The number of hydrogen-bond donors (Lipinski definition) is 1. The summed E-state index contributed by atoms with van der Waals surface area (Å²) in [6.45, 7) is 4.02. The molecule has 3 nitrogen and oxygen atoms in total. The fourth-order valence-electron chi connectivity index (χ4n) is 2.86. The third-order valence-electron chi connectivity index (χ3n) is 4.00. The number of aromatic nitrogens is 1. The number of nitrogen functional groups attached to an aromatic ring is 1. The second-order valence-corrected chi connectivity index (χ2v) is 6.62. The van der Waals surface area contributed by atoms with Crippen LogP contribution in [0.2, 0.25) is 0 Å². The van der Waals surface area contributed by atoms with Gasteiger partial charge in [-0.2, -0.15) is 5.26 Å². The summed E-state index contributed by atoms with van der Waals surface area (Å²) in [5.74, 6) is 0.262. The van der Waals surface area contributed by atoms with E-state index in [1.165, 1.54) is 0 Å². The van der Waals surface area contributed by atoms with E-state index < -0.39 is 0 Å². The molecule has 118 valence electrons. The van der Waals surface area contributed by atoms with Crippen molar-refractivity contribution in [1.82, 2.24) is 4.98 Å². The molecule has 3 rings (SSSR count). The Labute approximate surface area is 149 Å². The molecule has 0 saturated carbocycles. The maximum absolute atomic E-state index is 9.58. The quantitative estimate of drug-likeness (QED) is 0.663. The van der Waals surface area contributed by atoms with Crippen LogP contribution >= 0.6 is 15.9 Å². The van der Waals surface area contributed by atoms with E-state index in [-0.39, 0.29) is 5.82 Å². The zero-order chi connectivity index (χ0) is 17.3. The van der Waals surface area contributed by atoms with E-state index in [1.807, 2.05) is 56.3 Å². The van der Waals surface area contributed by atoms with Crippen molar-refractivity contribution < 1.29 is 0 Å². The highest BCUT2D eigenvalue weighted by Crippen LogP contribution is 2.36. The van der Waals surface area contributed by atoms with E-state index in [2.05, 4.69) is 33.0 Å². The molecule has 2 aromatic carbocycles. The molecule has 3 aromatic rings. The van der Waals surface area contributed by atoms with Gasteiger partial charge in [-0.1, -0.05) is 57.9 Å². The highest BCUT2D eigenvalue weighted by Gasteiger charge is 2.18. The fraction of sp³-hybridized carbons (Fsp3) is 0.100. The summed E-state index contributed by atoms with van der Waals surface area (Å²) in [5, 5.41) is 9.58. The minimum Gasteiger partial charge on any atom is -0.383 e. The van der Waals surface area contributed by atoms with E-state index in [4.69, 9.17) is 5.73 Å². The summed E-state index contributed by atoms with van der Waals surface area (Å²) in [6, 6.07) is 18.2. The maximum Gasteiger partial charge on any atom is 0.142 e. The Balaban J connectivity index is 2.32. The van der Waals surface area contributed by atoms with Crippen LogP contribution in [0.1, 0.15) is 16.7 Å². The van der Waals surface area contributed by atoms with Gasteiger partial charge in [-0.15, -0.1) is 0 Å². The minimum atomic E-state index is 0.262. The number of rotatable bonds is 2. The largest absolute Gasteiger partial charge is 0.383 e. The van der Waals surface area contributed by atoms with Crippen molar-refractivity contribution in [2.45, 2.75) is 13.8 Å². The monoisotopic (exact) mass is 377 g/mol. The number of anilines is 1. The van der Waals surface area contributed by atoms with Gasteiger partial charge in [-0.3, -0.25) is 0 Å². The van der Waals surface area contributed by atoms with Crippen molar-refractivity contribution in [1.29, 1.82) is 5.26 Å². The Hall–Kier alpha value is -2.64. The van der Waals surface area contributed by atoms with E-state index in [0.29, 0.717) is 5.56 Å². The first-order valence-corrected chi connectivity index (χ1v) is 8.33. The molecule has 0 radical (unpaired) electrons. The lowest BCUT2D eigenvalue weighted by molar-refractivity contribution is 1.26. The first kappa shape index (κ1) is 16.2. The maximum atomic E-state index is 9.58. The van der Waals surface area contributed by atoms with Crippen LogP contribution in [0.4, 0.5) is 5.82 Å². The molecule has 0 fully saturated rings. The highest BCUT2D eigenvalue weighted by molar-refractivity contribution is 9.10. The van der Waals surface area contributed by atoms with Crippen molar-refractivity contribution in [2.24, 2.45) is 0 Å². The topological polar surface area (TPSA) is 62.7 Å². The van der Waals surface area contributed by atoms with Crippen molar-refractivity contribution in [2.75, 3.05) is 5.73 Å². The molecular formula is C20H16BrN3. The minimum absolute atomic E-state index is 0.262. The van der Waals surface area contributed by atoms with Crippen LogP contribution < -0.4 is 5.73 Å². The molecule has 1 heterocycles. The number of nitriles is 1. The average Bonchev–Trinajstić information content (AvgIpc) is 2.57. The number of pyridine rings is 1. The van der Waals surface area contributed by atoms with Crippen LogP contribution in [0.3, 0.4) is 0 Å². The predicted octanol–water partition coefficient (Wildman–Crippen LogP) is 5.25. The Morgan fingerprint density at radius 2 is 1.75 bits per heavy atom. The van der Waals surface area contributed by atoms with E-state index in [0.717, 1.165) is 38.0 Å². The molecule has 2 N–H and O–H groups in total. The van der Waals surface area contributed by atoms with Crippen molar-refractivity contribution in [3.63, 3.8) is 0 Å². The van der Waals surface area contributed by atoms with Gasteiger partial charge in [0.1, 0.15) is 17.5 Å². The third-order valence-corrected chi connectivity index (χ3v) is 4.53. The SMILES string of the molecule is Cc1cccc(-c2c(C)c(-c3ccc(Br)cc3)nc(N)c2C#N)c1. The smallest absolute Gasteiger partial charge is 0.142 e. The molecule has 0 spiro atoms. The van der Waals surface area contributed by atoms with Gasteiger partial charge in [0.25, 0.3) is 0 Å². The zero-order valence-corrected chi connectivity index (χ0v) is 15.1.